The third-order valence-electron chi connectivity index (χ3n) is 3.59. The molecule has 1 N–H and O–H groups in total. The van der Waals surface area contributed by atoms with Crippen molar-refractivity contribution in [2.75, 3.05) is 20.3 Å². The van der Waals surface area contributed by atoms with Crippen molar-refractivity contribution in [2.24, 2.45) is 0 Å². The van der Waals surface area contributed by atoms with Gasteiger partial charge in [0.1, 0.15) is 0 Å². The van der Waals surface area contributed by atoms with Crippen LogP contribution in [-0.4, -0.2) is 35.3 Å². The lowest BCUT2D eigenvalue weighted by Crippen LogP contribution is -2.19. The van der Waals surface area contributed by atoms with Gasteiger partial charge in [0.25, 0.3) is 0 Å². The molecule has 0 bridgehead atoms. The van der Waals surface area contributed by atoms with Crippen molar-refractivity contribution < 1.29 is 4.74 Å². The van der Waals surface area contributed by atoms with Crippen molar-refractivity contribution in [3.63, 3.8) is 0 Å². The predicted octanol–water partition coefficient (Wildman–Crippen LogP) is 2.34. The van der Waals surface area contributed by atoms with Crippen LogP contribution in [0.3, 0.4) is 0 Å². The Morgan fingerprint density at radius 1 is 1.38 bits per heavy atom. The van der Waals surface area contributed by atoms with Crippen LogP contribution in [0, 0.1) is 0 Å². The highest BCUT2D eigenvalue weighted by Crippen LogP contribution is 2.37. The average molecular weight is 303 g/mol. The number of methoxy groups -OCH3 is 1. The van der Waals surface area contributed by atoms with Crippen LogP contribution < -0.4 is 5.32 Å². The predicted molar refractivity (Wildman–Crippen MR) is 85.6 cm³/mol. The first-order valence-electron chi connectivity index (χ1n) is 7.31. The second kappa shape index (κ2) is 7.11. The second-order valence-corrected chi connectivity index (χ2v) is 6.59. The van der Waals surface area contributed by atoms with Crippen LogP contribution in [0.25, 0.3) is 0 Å². The minimum Gasteiger partial charge on any atom is -0.383 e. The Morgan fingerprint density at radius 2 is 2.29 bits per heavy atom. The van der Waals surface area contributed by atoms with Crippen LogP contribution in [-0.2, 0) is 24.2 Å². The molecule has 0 saturated carbocycles. The maximum absolute atomic E-state index is 5.01. The van der Waals surface area contributed by atoms with E-state index in [9.17, 15) is 0 Å². The van der Waals surface area contributed by atoms with E-state index in [2.05, 4.69) is 51.6 Å². The molecule has 1 aromatic carbocycles. The van der Waals surface area contributed by atoms with E-state index >= 15 is 0 Å². The standard InChI is InChI=1S/C16H21N3OS/c1-20-9-7-17-11-14-6-8-19(18-14)12-15-10-13-4-2-3-5-16(13)21-15/h2-6,8,15,17H,7,9-12H2,1H3. The SMILES string of the molecule is COCCNCc1ccn(CC2Cc3ccccc3S2)n1. The third-order valence-corrected chi connectivity index (χ3v) is 4.89. The van der Waals surface area contributed by atoms with Crippen LogP contribution in [0.4, 0.5) is 0 Å². The smallest absolute Gasteiger partial charge is 0.0762 e. The second-order valence-electron chi connectivity index (χ2n) is 5.25. The lowest BCUT2D eigenvalue weighted by molar-refractivity contribution is 0.199. The minimum atomic E-state index is 0.594. The highest BCUT2D eigenvalue weighted by Gasteiger charge is 2.22. The molecular weight excluding hydrogens is 282 g/mol. The fraction of sp³-hybridized carbons (Fsp3) is 0.438. The van der Waals surface area contributed by atoms with Gasteiger partial charge in [-0.25, -0.2) is 0 Å². The van der Waals surface area contributed by atoms with Crippen LogP contribution >= 0.6 is 11.8 Å². The highest BCUT2D eigenvalue weighted by atomic mass is 32.2. The van der Waals surface area contributed by atoms with Gasteiger partial charge in [-0.2, -0.15) is 5.10 Å². The molecule has 0 fully saturated rings. The summed E-state index contributed by atoms with van der Waals surface area (Å²) in [6.45, 7) is 3.36. The number of hydrogen-bond acceptors (Lipinski definition) is 4. The van der Waals surface area contributed by atoms with Gasteiger partial charge in [0, 0.05) is 36.5 Å². The van der Waals surface area contributed by atoms with E-state index in [-0.39, 0.29) is 0 Å². The summed E-state index contributed by atoms with van der Waals surface area (Å²) in [4.78, 5) is 1.43. The van der Waals surface area contributed by atoms with Crippen LogP contribution in [0.1, 0.15) is 11.3 Å². The molecule has 0 amide bonds. The van der Waals surface area contributed by atoms with Gasteiger partial charge in [-0.05, 0) is 24.1 Å². The van der Waals surface area contributed by atoms with Gasteiger partial charge in [0.15, 0.2) is 0 Å². The van der Waals surface area contributed by atoms with Crippen molar-refractivity contribution in [2.45, 2.75) is 29.7 Å². The maximum Gasteiger partial charge on any atom is 0.0762 e. The summed E-state index contributed by atoms with van der Waals surface area (Å²) in [5.74, 6) is 0. The molecule has 1 aliphatic heterocycles. The van der Waals surface area contributed by atoms with Crippen molar-refractivity contribution >= 4 is 11.8 Å². The Balaban J connectivity index is 1.49. The van der Waals surface area contributed by atoms with Crippen molar-refractivity contribution in [3.8, 4) is 0 Å². The van der Waals surface area contributed by atoms with E-state index in [1.807, 2.05) is 11.8 Å². The van der Waals surface area contributed by atoms with Gasteiger partial charge in [-0.15, -0.1) is 11.8 Å². The molecule has 0 aliphatic carbocycles. The monoisotopic (exact) mass is 303 g/mol. The minimum absolute atomic E-state index is 0.594. The normalized spacial score (nSPS) is 17.1. The summed E-state index contributed by atoms with van der Waals surface area (Å²) < 4.78 is 7.08. The summed E-state index contributed by atoms with van der Waals surface area (Å²) in [6, 6.07) is 10.8. The maximum atomic E-state index is 5.01. The molecule has 2 heterocycles. The fourth-order valence-corrected chi connectivity index (χ4v) is 3.86. The number of thioether (sulfide) groups is 1. The molecule has 1 unspecified atom stereocenters. The van der Waals surface area contributed by atoms with E-state index in [1.165, 1.54) is 10.5 Å². The van der Waals surface area contributed by atoms with Crippen molar-refractivity contribution in [1.29, 1.82) is 0 Å². The molecule has 0 saturated heterocycles. The Labute approximate surface area is 129 Å². The fourth-order valence-electron chi connectivity index (χ4n) is 2.55. The van der Waals surface area contributed by atoms with E-state index in [4.69, 9.17) is 4.74 Å². The molecule has 21 heavy (non-hydrogen) atoms. The van der Waals surface area contributed by atoms with Gasteiger partial charge in [-0.3, -0.25) is 4.68 Å². The van der Waals surface area contributed by atoms with Crippen LogP contribution in [0.5, 0.6) is 0 Å². The number of aromatic nitrogens is 2. The Morgan fingerprint density at radius 3 is 3.14 bits per heavy atom. The highest BCUT2D eigenvalue weighted by molar-refractivity contribution is 8.00. The van der Waals surface area contributed by atoms with Crippen molar-refractivity contribution in [1.82, 2.24) is 15.1 Å². The summed E-state index contributed by atoms with van der Waals surface area (Å²) in [6.07, 6.45) is 3.22. The Hall–Kier alpha value is -1.30. The van der Waals surface area contributed by atoms with Gasteiger partial charge in [0.05, 0.1) is 18.8 Å². The quantitative estimate of drug-likeness (QED) is 0.797. The van der Waals surface area contributed by atoms with Crippen molar-refractivity contribution in [3.05, 3.63) is 47.8 Å². The zero-order valence-electron chi connectivity index (χ0n) is 12.3. The molecule has 3 rings (SSSR count). The molecule has 2 aromatic rings. The van der Waals surface area contributed by atoms with Gasteiger partial charge in [-0.1, -0.05) is 18.2 Å². The molecule has 0 radical (unpaired) electrons. The number of hydrogen-bond donors (Lipinski definition) is 1. The molecular formula is C16H21N3OS. The molecule has 1 aliphatic rings. The lowest BCUT2D eigenvalue weighted by Gasteiger charge is -2.08. The van der Waals surface area contributed by atoms with Crippen LogP contribution in [0.15, 0.2) is 41.4 Å². The number of fused-ring (bicyclic) bond motifs is 1. The Bertz CT molecular complexity index is 559. The first-order valence-corrected chi connectivity index (χ1v) is 8.19. The number of rotatable bonds is 7. The molecule has 1 atom stereocenters. The summed E-state index contributed by atoms with van der Waals surface area (Å²) in [5, 5.41) is 8.55. The molecule has 5 heteroatoms. The topological polar surface area (TPSA) is 39.1 Å². The third kappa shape index (κ3) is 3.87. The number of nitrogens with one attached hydrogen (secondary N) is 1. The summed E-state index contributed by atoms with van der Waals surface area (Å²) >= 11 is 1.97. The van der Waals surface area contributed by atoms with E-state index in [1.54, 1.807) is 7.11 Å². The zero-order chi connectivity index (χ0) is 14.5. The lowest BCUT2D eigenvalue weighted by atomic mass is 10.1. The van der Waals surface area contributed by atoms with Gasteiger partial charge < -0.3 is 10.1 Å². The first kappa shape index (κ1) is 14.6. The van der Waals surface area contributed by atoms with E-state index in [0.717, 1.165) is 38.4 Å². The molecule has 4 nitrogen and oxygen atoms in total. The zero-order valence-corrected chi connectivity index (χ0v) is 13.1. The number of benzene rings is 1. The molecule has 0 spiro atoms. The number of ether oxygens (including phenoxy) is 1. The largest absolute Gasteiger partial charge is 0.383 e. The summed E-state index contributed by atoms with van der Waals surface area (Å²) in [7, 11) is 1.72. The van der Waals surface area contributed by atoms with E-state index < -0.39 is 0 Å². The Kier molecular flexibility index (Phi) is 4.95. The van der Waals surface area contributed by atoms with Gasteiger partial charge in [0.2, 0.25) is 0 Å². The van der Waals surface area contributed by atoms with Crippen LogP contribution in [0.2, 0.25) is 0 Å². The number of nitrogens with zero attached hydrogens (tertiary/aromatic N) is 2. The van der Waals surface area contributed by atoms with E-state index in [0.29, 0.717) is 5.25 Å². The summed E-state index contributed by atoms with van der Waals surface area (Å²) in [5.41, 5.74) is 2.56. The molecule has 1 aromatic heterocycles. The first-order chi connectivity index (χ1) is 10.3. The average Bonchev–Trinajstić information content (AvgIpc) is 3.10. The molecule has 112 valence electrons. The van der Waals surface area contributed by atoms with Gasteiger partial charge >= 0.3 is 0 Å².